The van der Waals surface area contributed by atoms with E-state index in [1.807, 2.05) is 13.8 Å². The highest BCUT2D eigenvalue weighted by Crippen LogP contribution is 2.14. The normalized spacial score (nSPS) is 10.8. The number of hydrogen-bond acceptors (Lipinski definition) is 2. The second-order valence-electron chi connectivity index (χ2n) is 3.02. The molecule has 0 saturated carbocycles. The molecule has 0 saturated heterocycles. The van der Waals surface area contributed by atoms with Gasteiger partial charge in [0.05, 0.1) is 5.69 Å². The van der Waals surface area contributed by atoms with Crippen molar-refractivity contribution in [2.45, 2.75) is 26.7 Å². The van der Waals surface area contributed by atoms with Crippen LogP contribution in [0, 0.1) is 6.92 Å². The van der Waals surface area contributed by atoms with Crippen molar-refractivity contribution >= 4 is 11.6 Å². The zero-order valence-electron chi connectivity index (χ0n) is 7.31. The topological polar surface area (TPSA) is 45.8 Å². The SMILES string of the molecule is Cc1c(C(C)C)nc(Cl)[nH]c1=O. The fourth-order valence-electron chi connectivity index (χ4n) is 1.08. The summed E-state index contributed by atoms with van der Waals surface area (Å²) in [6, 6.07) is 0. The summed E-state index contributed by atoms with van der Waals surface area (Å²) in [7, 11) is 0. The molecule has 1 aromatic heterocycles. The van der Waals surface area contributed by atoms with Crippen LogP contribution < -0.4 is 5.56 Å². The first-order valence-corrected chi connectivity index (χ1v) is 4.16. The third kappa shape index (κ3) is 1.67. The number of rotatable bonds is 1. The van der Waals surface area contributed by atoms with Crippen LogP contribution in [-0.4, -0.2) is 9.97 Å². The van der Waals surface area contributed by atoms with Crippen LogP contribution in [0.4, 0.5) is 0 Å². The fourth-order valence-corrected chi connectivity index (χ4v) is 1.26. The van der Waals surface area contributed by atoms with E-state index in [4.69, 9.17) is 11.6 Å². The molecule has 1 aromatic rings. The molecule has 0 atom stereocenters. The number of aromatic amines is 1. The van der Waals surface area contributed by atoms with Crippen molar-refractivity contribution in [1.82, 2.24) is 9.97 Å². The molecule has 0 aliphatic carbocycles. The predicted octanol–water partition coefficient (Wildman–Crippen LogP) is 1.86. The molecule has 0 aliphatic rings. The molecule has 1 rings (SSSR count). The summed E-state index contributed by atoms with van der Waals surface area (Å²) in [4.78, 5) is 17.7. The molecule has 0 fully saturated rings. The van der Waals surface area contributed by atoms with Crippen molar-refractivity contribution < 1.29 is 0 Å². The molecule has 4 heteroatoms. The molecule has 12 heavy (non-hydrogen) atoms. The van der Waals surface area contributed by atoms with Crippen molar-refractivity contribution in [2.75, 3.05) is 0 Å². The molecule has 0 radical (unpaired) electrons. The Morgan fingerprint density at radius 2 is 2.08 bits per heavy atom. The number of nitrogens with zero attached hydrogens (tertiary/aromatic N) is 1. The molecule has 1 N–H and O–H groups in total. The van der Waals surface area contributed by atoms with Crippen molar-refractivity contribution in [2.24, 2.45) is 0 Å². The van der Waals surface area contributed by atoms with Crippen LogP contribution in [0.5, 0.6) is 0 Å². The summed E-state index contributed by atoms with van der Waals surface area (Å²) in [6.07, 6.45) is 0. The van der Waals surface area contributed by atoms with E-state index >= 15 is 0 Å². The van der Waals surface area contributed by atoms with Gasteiger partial charge in [-0.05, 0) is 24.4 Å². The summed E-state index contributed by atoms with van der Waals surface area (Å²) in [5, 5.41) is 0.161. The zero-order chi connectivity index (χ0) is 9.30. The van der Waals surface area contributed by atoms with Crippen molar-refractivity contribution in [3.8, 4) is 0 Å². The smallest absolute Gasteiger partial charge is 0.254 e. The second kappa shape index (κ2) is 3.27. The fraction of sp³-hybridized carbons (Fsp3) is 0.500. The van der Waals surface area contributed by atoms with Crippen molar-refractivity contribution in [3.63, 3.8) is 0 Å². The summed E-state index contributed by atoms with van der Waals surface area (Å²) >= 11 is 5.60. The van der Waals surface area contributed by atoms with Crippen LogP contribution in [0.3, 0.4) is 0 Å². The van der Waals surface area contributed by atoms with Gasteiger partial charge in [0, 0.05) is 5.56 Å². The lowest BCUT2D eigenvalue weighted by Crippen LogP contribution is -2.15. The summed E-state index contributed by atoms with van der Waals surface area (Å²) < 4.78 is 0. The number of aromatic nitrogens is 2. The highest BCUT2D eigenvalue weighted by molar-refractivity contribution is 6.28. The first-order chi connectivity index (χ1) is 5.52. The predicted molar refractivity (Wildman–Crippen MR) is 48.7 cm³/mol. The van der Waals surface area contributed by atoms with Gasteiger partial charge >= 0.3 is 0 Å². The molecule has 0 amide bonds. The van der Waals surface area contributed by atoms with E-state index in [0.29, 0.717) is 5.56 Å². The summed E-state index contributed by atoms with van der Waals surface area (Å²) in [5.41, 5.74) is 1.26. The van der Waals surface area contributed by atoms with E-state index < -0.39 is 0 Å². The van der Waals surface area contributed by atoms with Crippen LogP contribution >= 0.6 is 11.6 Å². The number of nitrogens with one attached hydrogen (secondary N) is 1. The quantitative estimate of drug-likeness (QED) is 0.681. The maximum Gasteiger partial charge on any atom is 0.254 e. The van der Waals surface area contributed by atoms with Gasteiger partial charge in [0.15, 0.2) is 0 Å². The number of hydrogen-bond donors (Lipinski definition) is 1. The van der Waals surface area contributed by atoms with Gasteiger partial charge in [-0.15, -0.1) is 0 Å². The standard InChI is InChI=1S/C8H11ClN2O/c1-4(2)6-5(3)7(12)11-8(9)10-6/h4H,1-3H3,(H,10,11,12). The van der Waals surface area contributed by atoms with Crippen LogP contribution in [0.25, 0.3) is 0 Å². The van der Waals surface area contributed by atoms with E-state index in [0.717, 1.165) is 5.69 Å². The second-order valence-corrected chi connectivity index (χ2v) is 3.38. The Hall–Kier alpha value is -0.830. The minimum atomic E-state index is -0.154. The van der Waals surface area contributed by atoms with Crippen molar-refractivity contribution in [3.05, 3.63) is 26.9 Å². The Labute approximate surface area is 75.8 Å². The summed E-state index contributed by atoms with van der Waals surface area (Å²) in [6.45, 7) is 5.70. The molecule has 3 nitrogen and oxygen atoms in total. The minimum Gasteiger partial charge on any atom is -0.297 e. The number of halogens is 1. The minimum absolute atomic E-state index is 0.154. The van der Waals surface area contributed by atoms with Gasteiger partial charge in [-0.2, -0.15) is 0 Å². The van der Waals surface area contributed by atoms with Gasteiger partial charge in [0.25, 0.3) is 5.56 Å². The van der Waals surface area contributed by atoms with Gasteiger partial charge in [-0.3, -0.25) is 9.78 Å². The molecule has 1 heterocycles. The molecule has 0 aliphatic heterocycles. The Morgan fingerprint density at radius 1 is 1.50 bits per heavy atom. The summed E-state index contributed by atoms with van der Waals surface area (Å²) in [5.74, 6) is 0.227. The van der Waals surface area contributed by atoms with Crippen LogP contribution in [0.15, 0.2) is 4.79 Å². The molecule has 66 valence electrons. The maximum absolute atomic E-state index is 11.2. The molecule has 0 unspecified atom stereocenters. The Bertz CT molecular complexity index is 343. The van der Waals surface area contributed by atoms with E-state index in [9.17, 15) is 4.79 Å². The van der Waals surface area contributed by atoms with Gasteiger partial charge < -0.3 is 0 Å². The van der Waals surface area contributed by atoms with Crippen LogP contribution in [-0.2, 0) is 0 Å². The molecule has 0 aromatic carbocycles. The molecule has 0 spiro atoms. The average molecular weight is 187 g/mol. The third-order valence-electron chi connectivity index (χ3n) is 1.71. The molecular formula is C8H11ClN2O. The van der Waals surface area contributed by atoms with E-state index in [2.05, 4.69) is 9.97 Å². The Morgan fingerprint density at radius 3 is 2.58 bits per heavy atom. The first kappa shape index (κ1) is 9.26. The Balaban J connectivity index is 3.38. The highest BCUT2D eigenvalue weighted by Gasteiger charge is 2.09. The highest BCUT2D eigenvalue weighted by atomic mass is 35.5. The van der Waals surface area contributed by atoms with Crippen molar-refractivity contribution in [1.29, 1.82) is 0 Å². The first-order valence-electron chi connectivity index (χ1n) is 3.78. The lowest BCUT2D eigenvalue weighted by atomic mass is 10.1. The van der Waals surface area contributed by atoms with Gasteiger partial charge in [-0.25, -0.2) is 4.98 Å². The third-order valence-corrected chi connectivity index (χ3v) is 1.89. The maximum atomic E-state index is 11.2. The lowest BCUT2D eigenvalue weighted by molar-refractivity contribution is 0.795. The molecule has 0 bridgehead atoms. The van der Waals surface area contributed by atoms with Gasteiger partial charge in [0.1, 0.15) is 0 Å². The average Bonchev–Trinajstić information content (AvgIpc) is 1.96. The number of H-pyrrole nitrogens is 1. The van der Waals surface area contributed by atoms with Crippen LogP contribution in [0.2, 0.25) is 5.28 Å². The van der Waals surface area contributed by atoms with E-state index in [1.165, 1.54) is 0 Å². The van der Waals surface area contributed by atoms with Crippen LogP contribution in [0.1, 0.15) is 31.0 Å². The van der Waals surface area contributed by atoms with E-state index in [-0.39, 0.29) is 16.8 Å². The Kier molecular flexibility index (Phi) is 2.52. The largest absolute Gasteiger partial charge is 0.297 e. The monoisotopic (exact) mass is 186 g/mol. The van der Waals surface area contributed by atoms with E-state index in [1.54, 1.807) is 6.92 Å². The molecular weight excluding hydrogens is 176 g/mol. The van der Waals surface area contributed by atoms with Gasteiger partial charge in [-0.1, -0.05) is 13.8 Å². The lowest BCUT2D eigenvalue weighted by Gasteiger charge is -2.06. The van der Waals surface area contributed by atoms with Gasteiger partial charge in [0.2, 0.25) is 5.28 Å². The zero-order valence-corrected chi connectivity index (χ0v) is 8.07.